The van der Waals surface area contributed by atoms with Gasteiger partial charge in [0.2, 0.25) is 17.7 Å². The summed E-state index contributed by atoms with van der Waals surface area (Å²) in [4.78, 5) is 60.9. The third-order valence-corrected chi connectivity index (χ3v) is 12.2. The molecule has 378 valence electrons. The summed E-state index contributed by atoms with van der Waals surface area (Å²) in [6.07, 6.45) is -9.34. The van der Waals surface area contributed by atoms with E-state index in [-0.39, 0.29) is 62.5 Å². The number of nitrogens with one attached hydrogen (secondary N) is 2. The number of aliphatic hydroxyl groups is 1. The molecule has 3 N–H and O–H groups in total. The van der Waals surface area contributed by atoms with Gasteiger partial charge in [-0.05, 0) is 92.4 Å². The van der Waals surface area contributed by atoms with Gasteiger partial charge in [0, 0.05) is 31.7 Å². The Balaban J connectivity index is 1.02. The van der Waals surface area contributed by atoms with Crippen molar-refractivity contribution in [3.63, 3.8) is 0 Å². The van der Waals surface area contributed by atoms with Crippen molar-refractivity contribution in [3.05, 3.63) is 107 Å². The fourth-order valence-corrected chi connectivity index (χ4v) is 8.67. The van der Waals surface area contributed by atoms with Crippen LogP contribution in [0.2, 0.25) is 0 Å². The topological polar surface area (TPSA) is 177 Å². The molecule has 0 bridgehead atoms. The van der Waals surface area contributed by atoms with E-state index < -0.39 is 111 Å². The van der Waals surface area contributed by atoms with Crippen LogP contribution in [0.25, 0.3) is 11.3 Å². The molecule has 3 heterocycles. The van der Waals surface area contributed by atoms with E-state index in [1.54, 1.807) is 20.8 Å². The lowest BCUT2D eigenvalue weighted by atomic mass is 9.85. The van der Waals surface area contributed by atoms with Crippen LogP contribution in [0.4, 0.5) is 42.1 Å². The first-order valence-corrected chi connectivity index (χ1v) is 22.6. The van der Waals surface area contributed by atoms with Crippen molar-refractivity contribution in [3.8, 4) is 23.1 Å². The Labute approximate surface area is 409 Å². The molecule has 0 saturated carbocycles. The number of nitriles is 1. The van der Waals surface area contributed by atoms with Crippen molar-refractivity contribution in [1.29, 1.82) is 5.26 Å². The number of carbonyl (C=O) groups excluding carboxylic acids is 4. The second-order valence-corrected chi connectivity index (χ2v) is 18.8. The fraction of sp³-hybridized carbons (Fsp3) is 0.408. The van der Waals surface area contributed by atoms with E-state index in [0.29, 0.717) is 4.90 Å². The number of halogens is 7. The maximum Gasteiger partial charge on any atom is 0.420 e. The number of anilines is 2. The minimum Gasteiger partial charge on any atom is -0.493 e. The van der Waals surface area contributed by atoms with Crippen molar-refractivity contribution in [2.45, 2.75) is 96.5 Å². The first-order chi connectivity index (χ1) is 33.2. The van der Waals surface area contributed by atoms with Crippen LogP contribution in [-0.2, 0) is 42.8 Å². The van der Waals surface area contributed by atoms with Crippen molar-refractivity contribution in [1.82, 2.24) is 20.5 Å². The number of rotatable bonds is 16. The van der Waals surface area contributed by atoms with Gasteiger partial charge in [-0.1, -0.05) is 51.1 Å². The van der Waals surface area contributed by atoms with Gasteiger partial charge in [-0.15, -0.1) is 0 Å². The van der Waals surface area contributed by atoms with Crippen LogP contribution >= 0.6 is 12.2 Å². The Morgan fingerprint density at radius 1 is 0.972 bits per heavy atom. The highest BCUT2D eigenvalue weighted by Gasteiger charge is 2.52. The van der Waals surface area contributed by atoms with Gasteiger partial charge in [-0.2, -0.15) is 31.6 Å². The van der Waals surface area contributed by atoms with Gasteiger partial charge in [0.05, 0.1) is 53.2 Å². The lowest BCUT2D eigenvalue weighted by Gasteiger charge is -2.35. The summed E-state index contributed by atoms with van der Waals surface area (Å²) >= 11 is 5.46. The number of benzene rings is 3. The molecule has 71 heavy (non-hydrogen) atoms. The first kappa shape index (κ1) is 53.6. The highest BCUT2D eigenvalue weighted by atomic mass is 32.1. The molecule has 2 aliphatic heterocycles. The van der Waals surface area contributed by atoms with Crippen molar-refractivity contribution in [2.24, 2.45) is 5.41 Å². The number of alkyl halides is 6. The normalized spacial score (nSPS) is 17.5. The molecule has 0 unspecified atom stereocenters. The molecule has 22 heteroatoms. The average Bonchev–Trinajstić information content (AvgIpc) is 3.78. The average molecular weight is 1010 g/mol. The zero-order valence-corrected chi connectivity index (χ0v) is 39.9. The van der Waals surface area contributed by atoms with Crippen molar-refractivity contribution >= 4 is 52.3 Å². The van der Waals surface area contributed by atoms with E-state index in [9.17, 15) is 50.6 Å². The SMILES string of the molecule is CC(C)(C)[C@H](NC(=O)COCCCCOc1ccc(-c2ccc(N3C(=S)N(c4ccc(C#N)c(C(F)(F)F)c4F)C(=O)C3(C)C)cn2)cc1C(F)(F)F)C(=O)N1C[C@H](O)C[C@H]1C(=O)NCc1ccccc1. The Hall–Kier alpha value is -6.70. The van der Waals surface area contributed by atoms with Crippen LogP contribution < -0.4 is 25.2 Å². The van der Waals surface area contributed by atoms with Crippen LogP contribution in [-0.4, -0.2) is 93.8 Å². The lowest BCUT2D eigenvalue weighted by Crippen LogP contribution is -2.58. The van der Waals surface area contributed by atoms with E-state index in [0.717, 1.165) is 29.8 Å². The molecule has 2 aliphatic rings. The zero-order chi connectivity index (χ0) is 52.2. The number of hydrogen-bond donors (Lipinski definition) is 3. The molecule has 4 aromatic rings. The standard InChI is InChI=1S/C49H50F7N7O7S/c1-46(2,3)41(43(67)61-26-32(64)22-36(61)42(66)59-24-28-11-7-6-8-12-28)60-38(65)27-69-19-9-10-20-70-37-18-14-29(21-33(37)48(51,52)53)34-16-15-31(25-58-34)63-45(71)62(44(68)47(63,4)5)35-17-13-30(23-57)39(40(35)50)49(54,55)56/h6-8,11-18,21,25,32,36,41,64H,9-10,19-20,22,24,26-27H2,1-5H3,(H,59,66)(H,60,65)/t32-,36+,41-/m1/s1. The first-order valence-electron chi connectivity index (χ1n) is 22.2. The number of nitrogens with zero attached hydrogens (tertiary/aromatic N) is 5. The quantitative estimate of drug-likeness (QED) is 0.0570. The lowest BCUT2D eigenvalue weighted by molar-refractivity contribution is -0.144. The molecular weight excluding hydrogens is 964 g/mol. The highest BCUT2D eigenvalue weighted by Crippen LogP contribution is 2.43. The molecule has 0 spiro atoms. The predicted molar refractivity (Wildman–Crippen MR) is 249 cm³/mol. The molecule has 0 radical (unpaired) electrons. The van der Waals surface area contributed by atoms with Gasteiger partial charge in [-0.3, -0.25) is 29.1 Å². The summed E-state index contributed by atoms with van der Waals surface area (Å²) in [6, 6.07) is 16.0. The molecule has 0 aliphatic carbocycles. The number of aromatic nitrogens is 1. The van der Waals surface area contributed by atoms with Crippen molar-refractivity contribution < 1.29 is 64.5 Å². The van der Waals surface area contributed by atoms with Gasteiger partial charge in [0.15, 0.2) is 10.9 Å². The Morgan fingerprint density at radius 3 is 2.28 bits per heavy atom. The molecular formula is C49H50F7N7O7S. The van der Waals surface area contributed by atoms with Crippen LogP contribution in [0.5, 0.6) is 5.75 Å². The Kier molecular flexibility index (Phi) is 16.1. The molecule has 4 amide bonds. The maximum atomic E-state index is 15.4. The zero-order valence-electron chi connectivity index (χ0n) is 39.1. The number of likely N-dealkylation sites (tertiary alicyclic amines) is 1. The molecule has 3 aromatic carbocycles. The second kappa shape index (κ2) is 21.3. The summed E-state index contributed by atoms with van der Waals surface area (Å²) in [5.41, 5.74) is -6.14. The van der Waals surface area contributed by atoms with Crippen molar-refractivity contribution in [2.75, 3.05) is 36.2 Å². The fourth-order valence-electron chi connectivity index (χ4n) is 8.15. The van der Waals surface area contributed by atoms with E-state index in [4.69, 9.17) is 27.0 Å². The monoisotopic (exact) mass is 1010 g/mol. The van der Waals surface area contributed by atoms with Gasteiger partial charge < -0.3 is 35.0 Å². The molecule has 14 nitrogen and oxygen atoms in total. The molecule has 3 atom stereocenters. The number of aliphatic hydroxyl groups excluding tert-OH is 1. The highest BCUT2D eigenvalue weighted by molar-refractivity contribution is 7.81. The van der Waals surface area contributed by atoms with Gasteiger partial charge in [-0.25, -0.2) is 4.39 Å². The van der Waals surface area contributed by atoms with Gasteiger partial charge in [0.1, 0.15) is 35.5 Å². The van der Waals surface area contributed by atoms with Crippen LogP contribution in [0.1, 0.15) is 76.1 Å². The van der Waals surface area contributed by atoms with E-state index >= 15 is 4.39 Å². The molecule has 2 fully saturated rings. The minimum atomic E-state index is -5.27. The molecule has 6 rings (SSSR count). The second-order valence-electron chi connectivity index (χ2n) is 18.4. The van der Waals surface area contributed by atoms with E-state index in [1.165, 1.54) is 54.1 Å². The molecule has 2 saturated heterocycles. The largest absolute Gasteiger partial charge is 0.493 e. The predicted octanol–water partition coefficient (Wildman–Crippen LogP) is 7.70. The number of thiocarbonyl (C=S) groups is 1. The number of pyridine rings is 1. The maximum absolute atomic E-state index is 15.4. The van der Waals surface area contributed by atoms with Gasteiger partial charge >= 0.3 is 12.4 Å². The number of ether oxygens (including phenoxy) is 2. The third kappa shape index (κ3) is 12.1. The summed E-state index contributed by atoms with van der Waals surface area (Å²) in [5.74, 6) is -4.85. The third-order valence-electron chi connectivity index (χ3n) is 11.8. The van der Waals surface area contributed by atoms with E-state index in [2.05, 4.69) is 15.6 Å². The number of carbonyl (C=O) groups is 4. The Morgan fingerprint density at radius 2 is 1.66 bits per heavy atom. The molecule has 1 aromatic heterocycles. The van der Waals surface area contributed by atoms with Gasteiger partial charge in [0.25, 0.3) is 5.91 Å². The summed E-state index contributed by atoms with van der Waals surface area (Å²) in [6.45, 7) is 7.54. The number of unbranched alkanes of at least 4 members (excludes halogenated alkanes) is 1. The number of hydrogen-bond acceptors (Lipinski definition) is 10. The summed E-state index contributed by atoms with van der Waals surface area (Å²) in [7, 11) is 0. The minimum absolute atomic E-state index is 0.0243. The summed E-state index contributed by atoms with van der Waals surface area (Å²) < 4.78 is 111. The van der Waals surface area contributed by atoms with Crippen LogP contribution in [0, 0.1) is 22.6 Å². The van der Waals surface area contributed by atoms with Crippen LogP contribution in [0.3, 0.4) is 0 Å². The van der Waals surface area contributed by atoms with Crippen LogP contribution in [0.15, 0.2) is 79.0 Å². The smallest absolute Gasteiger partial charge is 0.420 e. The number of β-amino-alcohol motifs (C(OH)–C–C–N with tert-alkyl or cyclic N) is 1. The summed E-state index contributed by atoms with van der Waals surface area (Å²) in [5, 5.41) is 24.7. The number of amides is 4. The van der Waals surface area contributed by atoms with E-state index in [1.807, 2.05) is 30.3 Å². The Bertz CT molecular complexity index is 2690.